The molecule has 2 aliphatic heterocycles. The standard InChI is InChI=1S/C22H21N3O4/c1-14-2-4-15(5-3-14)10-23-22(26)18-9-17-12-27-21(11-25(17)24-18)16-6-7-19-20(8-16)29-13-28-19/h2-9,21H,10-13H2,1H3,(H,23,26)/t21-/m0/s1. The Morgan fingerprint density at radius 3 is 2.83 bits per heavy atom. The minimum Gasteiger partial charge on any atom is -0.454 e. The van der Waals surface area contributed by atoms with Crippen LogP contribution in [0.4, 0.5) is 0 Å². The van der Waals surface area contributed by atoms with E-state index in [2.05, 4.69) is 10.4 Å². The van der Waals surface area contributed by atoms with Crippen molar-refractivity contribution in [3.05, 3.63) is 76.6 Å². The summed E-state index contributed by atoms with van der Waals surface area (Å²) in [4.78, 5) is 12.5. The van der Waals surface area contributed by atoms with E-state index in [0.29, 0.717) is 25.4 Å². The zero-order valence-corrected chi connectivity index (χ0v) is 16.1. The number of amides is 1. The maximum atomic E-state index is 12.5. The number of nitrogens with one attached hydrogen (secondary N) is 1. The Morgan fingerprint density at radius 2 is 1.97 bits per heavy atom. The average molecular weight is 391 g/mol. The van der Waals surface area contributed by atoms with Gasteiger partial charge in [-0.2, -0.15) is 5.10 Å². The molecule has 0 spiro atoms. The van der Waals surface area contributed by atoms with Crippen LogP contribution in [-0.2, 0) is 24.4 Å². The molecule has 1 N–H and O–H groups in total. The van der Waals surface area contributed by atoms with Crippen molar-refractivity contribution in [3.8, 4) is 11.5 Å². The average Bonchev–Trinajstić information content (AvgIpc) is 3.38. The first kappa shape index (κ1) is 17.8. The lowest BCUT2D eigenvalue weighted by Gasteiger charge is -2.24. The van der Waals surface area contributed by atoms with E-state index in [1.165, 1.54) is 5.56 Å². The molecule has 1 atom stereocenters. The van der Waals surface area contributed by atoms with Gasteiger partial charge < -0.3 is 19.5 Å². The number of benzene rings is 2. The van der Waals surface area contributed by atoms with E-state index in [9.17, 15) is 4.79 Å². The molecule has 3 aromatic rings. The molecule has 0 saturated heterocycles. The van der Waals surface area contributed by atoms with Crippen molar-refractivity contribution in [2.45, 2.75) is 32.7 Å². The number of rotatable bonds is 4. The van der Waals surface area contributed by atoms with Crippen LogP contribution in [0, 0.1) is 6.92 Å². The Balaban J connectivity index is 1.26. The summed E-state index contributed by atoms with van der Waals surface area (Å²) < 4.78 is 18.7. The normalized spacial score (nSPS) is 17.1. The minimum absolute atomic E-state index is 0.152. The largest absolute Gasteiger partial charge is 0.454 e. The minimum atomic E-state index is -0.188. The van der Waals surface area contributed by atoms with E-state index < -0.39 is 0 Å². The lowest BCUT2D eigenvalue weighted by atomic mass is 10.1. The molecular formula is C22H21N3O4. The third kappa shape index (κ3) is 3.56. The van der Waals surface area contributed by atoms with Crippen molar-refractivity contribution in [1.29, 1.82) is 0 Å². The van der Waals surface area contributed by atoms with Gasteiger partial charge in [0.2, 0.25) is 6.79 Å². The second-order valence-corrected chi connectivity index (χ2v) is 7.28. The van der Waals surface area contributed by atoms with Crippen LogP contribution in [0.25, 0.3) is 0 Å². The van der Waals surface area contributed by atoms with Crippen molar-refractivity contribution < 1.29 is 19.0 Å². The van der Waals surface area contributed by atoms with E-state index >= 15 is 0 Å². The zero-order valence-electron chi connectivity index (χ0n) is 16.1. The fourth-order valence-corrected chi connectivity index (χ4v) is 3.53. The number of hydrogen-bond donors (Lipinski definition) is 1. The van der Waals surface area contributed by atoms with E-state index in [0.717, 1.165) is 28.3 Å². The maximum absolute atomic E-state index is 12.5. The molecule has 7 nitrogen and oxygen atoms in total. The molecule has 29 heavy (non-hydrogen) atoms. The van der Waals surface area contributed by atoms with Crippen molar-refractivity contribution in [1.82, 2.24) is 15.1 Å². The molecule has 0 unspecified atom stereocenters. The van der Waals surface area contributed by atoms with Crippen LogP contribution in [0.2, 0.25) is 0 Å². The first-order valence-electron chi connectivity index (χ1n) is 9.57. The van der Waals surface area contributed by atoms with Gasteiger partial charge >= 0.3 is 0 Å². The summed E-state index contributed by atoms with van der Waals surface area (Å²) in [5, 5.41) is 7.42. The molecular weight excluding hydrogens is 370 g/mol. The number of hydrogen-bond acceptors (Lipinski definition) is 5. The Hall–Kier alpha value is -3.32. The first-order valence-corrected chi connectivity index (χ1v) is 9.57. The number of carbonyl (C=O) groups excluding carboxylic acids is 1. The number of nitrogens with zero attached hydrogens (tertiary/aromatic N) is 2. The predicted molar refractivity (Wildman–Crippen MR) is 105 cm³/mol. The van der Waals surface area contributed by atoms with E-state index in [1.54, 1.807) is 6.07 Å². The second-order valence-electron chi connectivity index (χ2n) is 7.28. The highest BCUT2D eigenvalue weighted by Crippen LogP contribution is 2.36. The SMILES string of the molecule is Cc1ccc(CNC(=O)c2cc3n(n2)C[C@@H](c2ccc4c(c2)OCO4)OC3)cc1. The first-order chi connectivity index (χ1) is 14.2. The van der Waals surface area contributed by atoms with Gasteiger partial charge in [0.05, 0.1) is 18.8 Å². The summed E-state index contributed by atoms with van der Waals surface area (Å²) in [6.45, 7) is 3.70. The highest BCUT2D eigenvalue weighted by atomic mass is 16.7. The van der Waals surface area contributed by atoms with Gasteiger partial charge in [0.1, 0.15) is 6.10 Å². The fraction of sp³-hybridized carbons (Fsp3) is 0.273. The maximum Gasteiger partial charge on any atom is 0.272 e. The molecule has 0 bridgehead atoms. The lowest BCUT2D eigenvalue weighted by Crippen LogP contribution is -2.24. The molecule has 3 heterocycles. The topological polar surface area (TPSA) is 74.6 Å². The third-order valence-corrected chi connectivity index (χ3v) is 5.21. The Labute approximate surface area is 168 Å². The summed E-state index contributed by atoms with van der Waals surface area (Å²) >= 11 is 0. The lowest BCUT2D eigenvalue weighted by molar-refractivity contribution is -0.00128. The highest BCUT2D eigenvalue weighted by Gasteiger charge is 2.25. The quantitative estimate of drug-likeness (QED) is 0.740. The van der Waals surface area contributed by atoms with Crippen molar-refractivity contribution in [2.24, 2.45) is 0 Å². The summed E-state index contributed by atoms with van der Waals surface area (Å²) in [5.74, 6) is 1.29. The van der Waals surface area contributed by atoms with Gasteiger partial charge in [0.25, 0.3) is 5.91 Å². The summed E-state index contributed by atoms with van der Waals surface area (Å²) in [7, 11) is 0. The molecule has 148 valence electrons. The molecule has 1 amide bonds. The van der Waals surface area contributed by atoms with Crippen LogP contribution >= 0.6 is 0 Å². The Bertz CT molecular complexity index is 1060. The van der Waals surface area contributed by atoms with Crippen LogP contribution in [0.15, 0.2) is 48.5 Å². The van der Waals surface area contributed by atoms with Crippen LogP contribution < -0.4 is 14.8 Å². The fourth-order valence-electron chi connectivity index (χ4n) is 3.53. The summed E-state index contributed by atoms with van der Waals surface area (Å²) in [6.07, 6.45) is -0.152. The van der Waals surface area contributed by atoms with Crippen molar-refractivity contribution >= 4 is 5.91 Å². The van der Waals surface area contributed by atoms with Crippen LogP contribution in [0.5, 0.6) is 11.5 Å². The number of carbonyl (C=O) groups is 1. The molecule has 0 saturated carbocycles. The van der Waals surface area contributed by atoms with Crippen LogP contribution in [0.3, 0.4) is 0 Å². The molecule has 2 aliphatic rings. The van der Waals surface area contributed by atoms with Crippen molar-refractivity contribution in [3.63, 3.8) is 0 Å². The van der Waals surface area contributed by atoms with E-state index in [1.807, 2.05) is 54.1 Å². The Morgan fingerprint density at radius 1 is 1.14 bits per heavy atom. The number of aromatic nitrogens is 2. The van der Waals surface area contributed by atoms with Crippen LogP contribution in [-0.4, -0.2) is 22.5 Å². The predicted octanol–water partition coefficient (Wildman–Crippen LogP) is 3.12. The number of ether oxygens (including phenoxy) is 3. The van der Waals surface area contributed by atoms with Gasteiger partial charge in [-0.15, -0.1) is 0 Å². The van der Waals surface area contributed by atoms with Gasteiger partial charge in [-0.25, -0.2) is 0 Å². The second kappa shape index (κ2) is 7.25. The molecule has 1 aromatic heterocycles. The number of fused-ring (bicyclic) bond motifs is 2. The Kier molecular flexibility index (Phi) is 4.44. The summed E-state index contributed by atoms with van der Waals surface area (Å²) in [6, 6.07) is 15.7. The molecule has 5 rings (SSSR count). The summed E-state index contributed by atoms with van der Waals surface area (Å²) in [5.41, 5.74) is 4.54. The van der Waals surface area contributed by atoms with Gasteiger partial charge in [0, 0.05) is 6.54 Å². The van der Waals surface area contributed by atoms with Gasteiger partial charge in [-0.3, -0.25) is 9.48 Å². The monoisotopic (exact) mass is 391 g/mol. The molecule has 0 aliphatic carbocycles. The number of aryl methyl sites for hydroxylation is 1. The van der Waals surface area contributed by atoms with E-state index in [4.69, 9.17) is 14.2 Å². The molecule has 7 heteroatoms. The molecule has 0 radical (unpaired) electrons. The van der Waals surface area contributed by atoms with Gasteiger partial charge in [0.15, 0.2) is 17.2 Å². The van der Waals surface area contributed by atoms with E-state index in [-0.39, 0.29) is 18.8 Å². The zero-order chi connectivity index (χ0) is 19.8. The van der Waals surface area contributed by atoms with Gasteiger partial charge in [-0.05, 0) is 36.2 Å². The smallest absolute Gasteiger partial charge is 0.272 e. The van der Waals surface area contributed by atoms with Gasteiger partial charge in [-0.1, -0.05) is 35.9 Å². The molecule has 0 fully saturated rings. The van der Waals surface area contributed by atoms with Crippen LogP contribution in [0.1, 0.15) is 39.0 Å². The third-order valence-electron chi connectivity index (χ3n) is 5.21. The molecule has 2 aromatic carbocycles. The van der Waals surface area contributed by atoms with Crippen molar-refractivity contribution in [2.75, 3.05) is 6.79 Å². The highest BCUT2D eigenvalue weighted by molar-refractivity contribution is 5.92.